The Hall–Kier alpha value is -3.15. The molecular weight excluding hydrogens is 380 g/mol. The van der Waals surface area contributed by atoms with Gasteiger partial charge in [0.05, 0.1) is 5.92 Å². The number of likely N-dealkylation sites (tertiary alicyclic amines) is 1. The number of carbonyl (C=O) groups is 3. The third-order valence-electron chi connectivity index (χ3n) is 5.79. The van der Waals surface area contributed by atoms with Crippen molar-refractivity contribution in [2.75, 3.05) is 25.0 Å². The van der Waals surface area contributed by atoms with Crippen LogP contribution >= 0.6 is 0 Å². The molecule has 2 aliphatic rings. The summed E-state index contributed by atoms with van der Waals surface area (Å²) < 4.78 is 5.18. The van der Waals surface area contributed by atoms with E-state index in [9.17, 15) is 14.4 Å². The third kappa shape index (κ3) is 4.87. The lowest BCUT2D eigenvalue weighted by molar-refractivity contribution is -0.151. The zero-order valence-electron chi connectivity index (χ0n) is 16.9. The lowest BCUT2D eigenvalue weighted by Crippen LogP contribution is -2.29. The summed E-state index contributed by atoms with van der Waals surface area (Å²) in [7, 11) is 0. The molecule has 6 nitrogen and oxygen atoms in total. The predicted octanol–water partition coefficient (Wildman–Crippen LogP) is 2.75. The van der Waals surface area contributed by atoms with Gasteiger partial charge in [-0.05, 0) is 54.5 Å². The molecule has 0 aromatic heterocycles. The number of hydrogen-bond acceptors (Lipinski definition) is 4. The van der Waals surface area contributed by atoms with Gasteiger partial charge in [-0.1, -0.05) is 36.4 Å². The van der Waals surface area contributed by atoms with E-state index in [0.717, 1.165) is 36.9 Å². The van der Waals surface area contributed by atoms with Gasteiger partial charge in [-0.2, -0.15) is 0 Å². The number of hydrogen-bond donors (Lipinski definition) is 1. The average molecular weight is 406 g/mol. The molecule has 2 aromatic carbocycles. The highest BCUT2D eigenvalue weighted by Crippen LogP contribution is 2.25. The summed E-state index contributed by atoms with van der Waals surface area (Å²) in [6, 6.07) is 15.8. The Morgan fingerprint density at radius 2 is 1.87 bits per heavy atom. The van der Waals surface area contributed by atoms with Gasteiger partial charge in [0.2, 0.25) is 5.91 Å². The van der Waals surface area contributed by atoms with Crippen LogP contribution in [0.1, 0.15) is 29.5 Å². The summed E-state index contributed by atoms with van der Waals surface area (Å²) in [5, 5.41) is 2.78. The Kier molecular flexibility index (Phi) is 6.12. The molecule has 2 amide bonds. The first-order valence-corrected chi connectivity index (χ1v) is 10.5. The van der Waals surface area contributed by atoms with Gasteiger partial charge in [-0.3, -0.25) is 14.4 Å². The molecule has 1 aliphatic carbocycles. The molecule has 6 heteroatoms. The number of carbonyl (C=O) groups excluding carboxylic acids is 3. The number of amides is 2. The number of fused-ring (bicyclic) bond motifs is 1. The van der Waals surface area contributed by atoms with Crippen LogP contribution in [0.4, 0.5) is 5.69 Å². The van der Waals surface area contributed by atoms with Crippen LogP contribution in [-0.4, -0.2) is 42.4 Å². The molecule has 0 saturated carbocycles. The van der Waals surface area contributed by atoms with Crippen LogP contribution in [0.5, 0.6) is 0 Å². The van der Waals surface area contributed by atoms with E-state index >= 15 is 0 Å². The molecule has 1 aliphatic heterocycles. The fraction of sp³-hybridized carbons (Fsp3) is 0.375. The van der Waals surface area contributed by atoms with Gasteiger partial charge >= 0.3 is 5.97 Å². The van der Waals surface area contributed by atoms with Crippen LogP contribution in [0.15, 0.2) is 48.5 Å². The molecule has 0 spiro atoms. The molecule has 1 heterocycles. The normalized spacial score (nSPS) is 17.7. The van der Waals surface area contributed by atoms with Gasteiger partial charge in [0, 0.05) is 25.2 Å². The van der Waals surface area contributed by atoms with E-state index in [2.05, 4.69) is 5.32 Å². The number of rotatable bonds is 7. The molecule has 156 valence electrons. The van der Waals surface area contributed by atoms with Crippen molar-refractivity contribution in [2.45, 2.75) is 32.1 Å². The topological polar surface area (TPSA) is 75.7 Å². The number of benzene rings is 2. The maximum atomic E-state index is 12.3. The van der Waals surface area contributed by atoms with E-state index in [4.69, 9.17) is 4.74 Å². The Labute approximate surface area is 176 Å². The van der Waals surface area contributed by atoms with Crippen molar-refractivity contribution in [3.05, 3.63) is 65.2 Å². The molecular formula is C24H26N2O4. The highest BCUT2D eigenvalue weighted by molar-refractivity contribution is 5.93. The minimum absolute atomic E-state index is 0.0459. The van der Waals surface area contributed by atoms with Crippen LogP contribution in [0.25, 0.3) is 0 Å². The molecule has 0 unspecified atom stereocenters. The zero-order chi connectivity index (χ0) is 20.9. The number of anilines is 1. The lowest BCUT2D eigenvalue weighted by atomic mass is 10.1. The standard InChI is InChI=1S/C24H26N2O4/c27-22(25-21-10-9-18-7-4-8-19(18)13-21)16-30-24(29)20-14-23(28)26(15-20)12-11-17-5-2-1-3-6-17/h1-3,5-6,9-10,13,20H,4,7-8,11-12,14-16H2,(H,25,27)/t20-/m1/s1. The van der Waals surface area contributed by atoms with Crippen LogP contribution in [0.2, 0.25) is 0 Å². The molecule has 30 heavy (non-hydrogen) atoms. The van der Waals surface area contributed by atoms with E-state index in [1.807, 2.05) is 48.5 Å². The number of ether oxygens (including phenoxy) is 1. The molecule has 1 atom stereocenters. The Balaban J connectivity index is 1.22. The summed E-state index contributed by atoms with van der Waals surface area (Å²) >= 11 is 0. The summed E-state index contributed by atoms with van der Waals surface area (Å²) in [5.74, 6) is -1.42. The molecule has 1 fully saturated rings. The van der Waals surface area contributed by atoms with Crippen molar-refractivity contribution >= 4 is 23.5 Å². The fourth-order valence-electron chi connectivity index (χ4n) is 4.16. The minimum Gasteiger partial charge on any atom is -0.455 e. The van der Waals surface area contributed by atoms with Crippen molar-refractivity contribution in [2.24, 2.45) is 5.92 Å². The van der Waals surface area contributed by atoms with E-state index in [1.165, 1.54) is 11.1 Å². The summed E-state index contributed by atoms with van der Waals surface area (Å²) in [6.07, 6.45) is 4.15. The monoisotopic (exact) mass is 406 g/mol. The third-order valence-corrected chi connectivity index (χ3v) is 5.79. The molecule has 1 N–H and O–H groups in total. The van der Waals surface area contributed by atoms with Crippen LogP contribution in [-0.2, 0) is 38.4 Å². The molecule has 0 radical (unpaired) electrons. The Morgan fingerprint density at radius 3 is 2.70 bits per heavy atom. The first kappa shape index (κ1) is 20.1. The lowest BCUT2D eigenvalue weighted by Gasteiger charge is -2.16. The van der Waals surface area contributed by atoms with Gasteiger partial charge in [0.1, 0.15) is 0 Å². The SMILES string of the molecule is O=C(COC(=O)[C@@H]1CC(=O)N(CCc2ccccc2)C1)Nc1ccc2c(c1)CCC2. The maximum Gasteiger partial charge on any atom is 0.311 e. The van der Waals surface area contributed by atoms with E-state index in [1.54, 1.807) is 4.90 Å². The Morgan fingerprint density at radius 1 is 1.07 bits per heavy atom. The maximum absolute atomic E-state index is 12.3. The summed E-state index contributed by atoms with van der Waals surface area (Å²) in [5.41, 5.74) is 4.48. The second-order valence-corrected chi connectivity index (χ2v) is 7.97. The second-order valence-electron chi connectivity index (χ2n) is 7.97. The number of esters is 1. The van der Waals surface area contributed by atoms with Crippen LogP contribution in [0, 0.1) is 5.92 Å². The van der Waals surface area contributed by atoms with Crippen molar-refractivity contribution in [3.8, 4) is 0 Å². The molecule has 1 saturated heterocycles. The summed E-state index contributed by atoms with van der Waals surface area (Å²) in [6.45, 7) is 0.576. The van der Waals surface area contributed by atoms with Gasteiger partial charge in [0.25, 0.3) is 5.91 Å². The van der Waals surface area contributed by atoms with Crippen molar-refractivity contribution < 1.29 is 19.1 Å². The predicted molar refractivity (Wildman–Crippen MR) is 113 cm³/mol. The highest BCUT2D eigenvalue weighted by Gasteiger charge is 2.35. The molecule has 2 aromatic rings. The smallest absolute Gasteiger partial charge is 0.311 e. The summed E-state index contributed by atoms with van der Waals surface area (Å²) in [4.78, 5) is 38.4. The van der Waals surface area contributed by atoms with Crippen molar-refractivity contribution in [1.29, 1.82) is 0 Å². The average Bonchev–Trinajstić information content (AvgIpc) is 3.37. The minimum atomic E-state index is -0.513. The number of nitrogens with one attached hydrogen (secondary N) is 1. The zero-order valence-corrected chi connectivity index (χ0v) is 16.9. The number of nitrogens with zero attached hydrogens (tertiary/aromatic N) is 1. The molecule has 4 rings (SSSR count). The first-order valence-electron chi connectivity index (χ1n) is 10.5. The number of aryl methyl sites for hydroxylation is 2. The van der Waals surface area contributed by atoms with Gasteiger partial charge in [-0.15, -0.1) is 0 Å². The molecule has 0 bridgehead atoms. The Bertz CT molecular complexity index is 941. The quantitative estimate of drug-likeness (QED) is 0.718. The van der Waals surface area contributed by atoms with Gasteiger partial charge in [0.15, 0.2) is 6.61 Å². The largest absolute Gasteiger partial charge is 0.455 e. The second kappa shape index (κ2) is 9.11. The van der Waals surface area contributed by atoms with E-state index in [0.29, 0.717) is 13.1 Å². The first-order chi connectivity index (χ1) is 14.6. The van der Waals surface area contributed by atoms with Gasteiger partial charge in [-0.25, -0.2) is 0 Å². The van der Waals surface area contributed by atoms with Crippen LogP contribution in [0.3, 0.4) is 0 Å². The van der Waals surface area contributed by atoms with Gasteiger partial charge < -0.3 is 15.0 Å². The highest BCUT2D eigenvalue weighted by atomic mass is 16.5. The van der Waals surface area contributed by atoms with E-state index < -0.39 is 11.9 Å². The van der Waals surface area contributed by atoms with E-state index in [-0.39, 0.29) is 24.8 Å². The van der Waals surface area contributed by atoms with Crippen molar-refractivity contribution in [3.63, 3.8) is 0 Å². The fourth-order valence-corrected chi connectivity index (χ4v) is 4.16. The van der Waals surface area contributed by atoms with Crippen LogP contribution < -0.4 is 5.32 Å². The van der Waals surface area contributed by atoms with Crippen molar-refractivity contribution in [1.82, 2.24) is 4.90 Å².